The fourth-order valence-electron chi connectivity index (χ4n) is 2.65. The Kier molecular flexibility index (Phi) is 5.48. The molecule has 8 heteroatoms. The minimum atomic E-state index is -1.17. The summed E-state index contributed by atoms with van der Waals surface area (Å²) in [5.41, 5.74) is -2.09. The predicted octanol–water partition coefficient (Wildman–Crippen LogP) is 0.829. The number of nitrogens with zero attached hydrogens (tertiary/aromatic N) is 1. The molecule has 7 nitrogen and oxygen atoms in total. The summed E-state index contributed by atoms with van der Waals surface area (Å²) in [6.07, 6.45) is 4.64. The first kappa shape index (κ1) is 16.4. The highest BCUT2D eigenvalue weighted by Crippen LogP contribution is 2.25. The van der Waals surface area contributed by atoms with Crippen LogP contribution in [-0.4, -0.2) is 34.8 Å². The van der Waals surface area contributed by atoms with E-state index >= 15 is 0 Å². The van der Waals surface area contributed by atoms with Gasteiger partial charge in [-0.15, -0.1) is 0 Å². The minimum Gasteiger partial charge on any atom is -0.379 e. The van der Waals surface area contributed by atoms with Gasteiger partial charge in [0.05, 0.1) is 12.3 Å². The second-order valence-electron chi connectivity index (χ2n) is 5.39. The molecule has 1 aliphatic carbocycles. The molecule has 1 aromatic rings. The van der Waals surface area contributed by atoms with E-state index in [2.05, 4.69) is 5.32 Å². The Morgan fingerprint density at radius 3 is 2.73 bits per heavy atom. The lowest BCUT2D eigenvalue weighted by molar-refractivity contribution is 0.0261. The Morgan fingerprint density at radius 1 is 1.41 bits per heavy atom. The van der Waals surface area contributed by atoms with Gasteiger partial charge >= 0.3 is 11.7 Å². The molecule has 1 fully saturated rings. The highest BCUT2D eigenvalue weighted by molar-refractivity contribution is 5.76. The number of aromatic amines is 1. The molecule has 2 rings (SSSR count). The molecule has 2 N–H and O–H groups in total. The fraction of sp³-hybridized carbons (Fsp3) is 0.643. The average molecular weight is 313 g/mol. The van der Waals surface area contributed by atoms with Crippen molar-refractivity contribution in [2.75, 3.05) is 13.2 Å². The average Bonchev–Trinajstić information content (AvgIpc) is 2.50. The smallest absolute Gasteiger partial charge is 0.336 e. The maximum absolute atomic E-state index is 13.1. The second kappa shape index (κ2) is 7.35. The molecule has 0 unspecified atom stereocenters. The van der Waals surface area contributed by atoms with Crippen LogP contribution in [0.15, 0.2) is 15.8 Å². The van der Waals surface area contributed by atoms with Crippen LogP contribution in [0.1, 0.15) is 32.6 Å². The molecule has 0 aliphatic heterocycles. The van der Waals surface area contributed by atoms with Crippen molar-refractivity contribution in [3.63, 3.8) is 0 Å². The zero-order chi connectivity index (χ0) is 16.1. The highest BCUT2D eigenvalue weighted by atomic mass is 19.1. The van der Waals surface area contributed by atoms with E-state index in [9.17, 15) is 18.8 Å². The van der Waals surface area contributed by atoms with Crippen molar-refractivity contribution >= 4 is 6.03 Å². The summed E-state index contributed by atoms with van der Waals surface area (Å²) in [7, 11) is 0. The third-order valence-electron chi connectivity index (χ3n) is 3.86. The number of hydrogen-bond acceptors (Lipinski definition) is 4. The van der Waals surface area contributed by atoms with Crippen molar-refractivity contribution in [1.29, 1.82) is 0 Å². The number of nitrogens with one attached hydrogen (secondary N) is 2. The van der Waals surface area contributed by atoms with Gasteiger partial charge in [0.25, 0.3) is 5.56 Å². The molecular formula is C14H20FN3O4. The molecule has 0 atom stereocenters. The first-order chi connectivity index (χ1) is 10.5. The van der Waals surface area contributed by atoms with Gasteiger partial charge < -0.3 is 10.1 Å². The second-order valence-corrected chi connectivity index (χ2v) is 5.39. The van der Waals surface area contributed by atoms with Crippen molar-refractivity contribution in [1.82, 2.24) is 14.9 Å². The van der Waals surface area contributed by atoms with E-state index in [1.54, 1.807) is 4.98 Å². The number of carbonyl (C=O) groups excluding carboxylic acids is 1. The molecule has 1 aliphatic rings. The topological polar surface area (TPSA) is 93.2 Å². The summed E-state index contributed by atoms with van der Waals surface area (Å²) in [6.45, 7) is 3.07. The van der Waals surface area contributed by atoms with Crippen LogP contribution in [0.25, 0.3) is 0 Å². The number of halogens is 1. The molecule has 0 aromatic carbocycles. The number of hydrogen-bond donors (Lipinski definition) is 2. The van der Waals surface area contributed by atoms with Crippen LogP contribution >= 0.6 is 0 Å². The summed E-state index contributed by atoms with van der Waals surface area (Å²) >= 11 is 0. The molecule has 0 radical (unpaired) electrons. The molecule has 1 heterocycles. The molecule has 1 amide bonds. The third-order valence-corrected chi connectivity index (χ3v) is 3.86. The van der Waals surface area contributed by atoms with Gasteiger partial charge in [-0.05, 0) is 38.5 Å². The van der Waals surface area contributed by atoms with Gasteiger partial charge in [0.2, 0.25) is 5.82 Å². The van der Waals surface area contributed by atoms with Gasteiger partial charge in [-0.2, -0.15) is 4.39 Å². The van der Waals surface area contributed by atoms with Crippen LogP contribution in [0.2, 0.25) is 0 Å². The summed E-state index contributed by atoms with van der Waals surface area (Å²) in [6, 6.07) is -0.743. The number of H-pyrrole nitrogens is 1. The Balaban J connectivity index is 1.88. The van der Waals surface area contributed by atoms with E-state index in [0.29, 0.717) is 29.8 Å². The molecular weight excluding hydrogens is 293 g/mol. The number of aromatic nitrogens is 2. The van der Waals surface area contributed by atoms with E-state index in [0.717, 1.165) is 25.7 Å². The zero-order valence-electron chi connectivity index (χ0n) is 12.4. The van der Waals surface area contributed by atoms with Crippen molar-refractivity contribution in [3.8, 4) is 0 Å². The minimum absolute atomic E-state index is 0.285. The van der Waals surface area contributed by atoms with E-state index in [1.165, 1.54) is 0 Å². The van der Waals surface area contributed by atoms with E-state index in [-0.39, 0.29) is 6.10 Å². The molecule has 0 spiro atoms. The van der Waals surface area contributed by atoms with E-state index in [1.807, 2.05) is 6.92 Å². The SMILES string of the molecule is CCOC1CCC(CNC(=O)n2cc(F)c(=O)[nH]c2=O)CC1. The van der Waals surface area contributed by atoms with Crippen molar-refractivity contribution < 1.29 is 13.9 Å². The first-order valence-electron chi connectivity index (χ1n) is 7.42. The van der Waals surface area contributed by atoms with Crippen LogP contribution in [-0.2, 0) is 4.74 Å². The monoisotopic (exact) mass is 313 g/mol. The van der Waals surface area contributed by atoms with Gasteiger partial charge in [0.15, 0.2) is 0 Å². The number of carbonyl (C=O) groups is 1. The van der Waals surface area contributed by atoms with Crippen molar-refractivity contribution in [3.05, 3.63) is 32.9 Å². The Morgan fingerprint density at radius 2 is 2.09 bits per heavy atom. The van der Waals surface area contributed by atoms with Crippen LogP contribution in [0.4, 0.5) is 9.18 Å². The van der Waals surface area contributed by atoms with Crippen molar-refractivity contribution in [2.24, 2.45) is 5.92 Å². The molecule has 22 heavy (non-hydrogen) atoms. The fourth-order valence-corrected chi connectivity index (χ4v) is 2.65. The Labute approximate surface area is 126 Å². The van der Waals surface area contributed by atoms with Gasteiger partial charge in [-0.25, -0.2) is 14.2 Å². The van der Waals surface area contributed by atoms with E-state index < -0.39 is 23.1 Å². The number of amides is 1. The van der Waals surface area contributed by atoms with Crippen LogP contribution in [0, 0.1) is 11.7 Å². The zero-order valence-corrected chi connectivity index (χ0v) is 12.4. The normalized spacial score (nSPS) is 21.5. The number of rotatable bonds is 4. The summed E-state index contributed by atoms with van der Waals surface area (Å²) < 4.78 is 19.2. The number of ether oxygens (including phenoxy) is 1. The molecule has 1 saturated carbocycles. The van der Waals surface area contributed by atoms with Crippen LogP contribution in [0.3, 0.4) is 0 Å². The summed E-state index contributed by atoms with van der Waals surface area (Å²) in [4.78, 5) is 36.0. The maximum atomic E-state index is 13.1. The Bertz CT molecular complexity index is 632. The summed E-state index contributed by atoms with van der Waals surface area (Å²) in [5.74, 6) is -0.865. The highest BCUT2D eigenvalue weighted by Gasteiger charge is 2.22. The van der Waals surface area contributed by atoms with Crippen molar-refractivity contribution in [2.45, 2.75) is 38.7 Å². The first-order valence-corrected chi connectivity index (χ1v) is 7.42. The standard InChI is InChI=1S/C14H20FN3O4/c1-2-22-10-5-3-9(4-6-10)7-16-13(20)18-8-11(15)12(19)17-14(18)21/h8-10H,2-7H2,1H3,(H,16,20)(H,17,19,21). The van der Waals surface area contributed by atoms with E-state index in [4.69, 9.17) is 4.74 Å². The molecule has 122 valence electrons. The quantitative estimate of drug-likeness (QED) is 0.861. The lowest BCUT2D eigenvalue weighted by atomic mass is 9.87. The predicted molar refractivity (Wildman–Crippen MR) is 77.4 cm³/mol. The Hall–Kier alpha value is -1.96. The van der Waals surface area contributed by atoms with Gasteiger partial charge in [-0.3, -0.25) is 9.78 Å². The largest absolute Gasteiger partial charge is 0.379 e. The molecule has 0 saturated heterocycles. The lowest BCUT2D eigenvalue weighted by Crippen LogP contribution is -2.42. The molecule has 1 aromatic heterocycles. The summed E-state index contributed by atoms with van der Waals surface area (Å²) in [5, 5.41) is 2.60. The van der Waals surface area contributed by atoms with Crippen LogP contribution in [0.5, 0.6) is 0 Å². The third kappa shape index (κ3) is 4.03. The van der Waals surface area contributed by atoms with Gasteiger partial charge in [-0.1, -0.05) is 0 Å². The lowest BCUT2D eigenvalue weighted by Gasteiger charge is -2.28. The van der Waals surface area contributed by atoms with Gasteiger partial charge in [0.1, 0.15) is 0 Å². The van der Waals surface area contributed by atoms with Gasteiger partial charge in [0, 0.05) is 13.2 Å². The molecule has 0 bridgehead atoms. The maximum Gasteiger partial charge on any atom is 0.336 e. The van der Waals surface area contributed by atoms with Crippen LogP contribution < -0.4 is 16.6 Å².